The van der Waals surface area contributed by atoms with Crippen LogP contribution in [0.25, 0.3) is 0 Å². The molecule has 1 atom stereocenters. The number of nitrogens with zero attached hydrogens (tertiary/aromatic N) is 1. The third-order valence-corrected chi connectivity index (χ3v) is 3.51. The van der Waals surface area contributed by atoms with Crippen molar-refractivity contribution < 1.29 is 14.3 Å². The average molecular weight is 241 g/mol. The van der Waals surface area contributed by atoms with Gasteiger partial charge in [-0.25, -0.2) is 4.79 Å². The summed E-state index contributed by atoms with van der Waals surface area (Å²) in [5, 5.41) is 0. The molecule has 1 saturated carbocycles. The number of hydrogen-bond acceptors (Lipinski definition) is 3. The molecule has 0 aliphatic heterocycles. The zero-order chi connectivity index (χ0) is 12.8. The molecule has 0 bridgehead atoms. The summed E-state index contributed by atoms with van der Waals surface area (Å²) in [5.74, 6) is -0.130. The number of rotatable bonds is 4. The maximum absolute atomic E-state index is 12.2. The lowest BCUT2D eigenvalue weighted by Crippen LogP contribution is -2.44. The molecule has 17 heavy (non-hydrogen) atoms. The number of hydrogen-bond donors (Lipinski definition) is 0. The van der Waals surface area contributed by atoms with Gasteiger partial charge in [0.15, 0.2) is 0 Å². The Labute approximate surface area is 103 Å². The van der Waals surface area contributed by atoms with Crippen LogP contribution in [-0.4, -0.2) is 36.5 Å². The van der Waals surface area contributed by atoms with Crippen molar-refractivity contribution in [1.82, 2.24) is 4.90 Å². The van der Waals surface area contributed by atoms with Crippen molar-refractivity contribution in [2.45, 2.75) is 52.0 Å². The highest BCUT2D eigenvalue weighted by atomic mass is 16.5. The lowest BCUT2D eigenvalue weighted by Gasteiger charge is -2.29. The van der Waals surface area contributed by atoms with E-state index in [-0.39, 0.29) is 17.8 Å². The van der Waals surface area contributed by atoms with Crippen molar-refractivity contribution in [2.24, 2.45) is 5.92 Å². The van der Waals surface area contributed by atoms with Gasteiger partial charge < -0.3 is 9.64 Å². The minimum Gasteiger partial charge on any atom is -0.464 e. The van der Waals surface area contributed by atoms with E-state index in [4.69, 9.17) is 4.74 Å². The Morgan fingerprint density at radius 1 is 1.29 bits per heavy atom. The maximum atomic E-state index is 12.2. The summed E-state index contributed by atoms with van der Waals surface area (Å²) in [6, 6.07) is -0.482. The maximum Gasteiger partial charge on any atom is 0.328 e. The molecule has 4 nitrogen and oxygen atoms in total. The molecule has 0 spiro atoms. The highest BCUT2D eigenvalue weighted by Gasteiger charge is 2.29. The van der Waals surface area contributed by atoms with Crippen LogP contribution in [0, 0.1) is 5.92 Å². The zero-order valence-corrected chi connectivity index (χ0v) is 11.1. The second-order valence-electron chi connectivity index (χ2n) is 4.71. The minimum atomic E-state index is -0.482. The van der Waals surface area contributed by atoms with E-state index in [1.165, 1.54) is 11.3 Å². The fourth-order valence-electron chi connectivity index (χ4n) is 2.25. The monoisotopic (exact) mass is 241 g/mol. The molecule has 1 rings (SSSR count). The first-order valence-corrected chi connectivity index (χ1v) is 6.51. The Kier molecular flexibility index (Phi) is 5.45. The Morgan fingerprint density at radius 3 is 2.41 bits per heavy atom. The fraction of sp³-hybridized carbons (Fsp3) is 0.846. The molecule has 0 N–H and O–H groups in total. The average Bonchev–Trinajstić information content (AvgIpc) is 2.37. The number of amides is 1. The number of ether oxygens (including phenoxy) is 1. The van der Waals surface area contributed by atoms with Gasteiger partial charge in [-0.15, -0.1) is 0 Å². The van der Waals surface area contributed by atoms with Gasteiger partial charge in [0.05, 0.1) is 6.61 Å². The molecule has 1 aliphatic rings. The standard InChI is InChI=1S/C13H23NO3/c1-4-17-13(16)10(2)14(3)12(15)11-8-6-5-7-9-11/h10-11H,4-9H2,1-3H3/t10-/m1/s1. The molecule has 1 fully saturated rings. The molecule has 4 heteroatoms. The van der Waals surface area contributed by atoms with Crippen molar-refractivity contribution in [2.75, 3.05) is 13.7 Å². The second kappa shape index (κ2) is 6.62. The third-order valence-electron chi connectivity index (χ3n) is 3.51. The van der Waals surface area contributed by atoms with Crippen LogP contribution in [0.15, 0.2) is 0 Å². The summed E-state index contributed by atoms with van der Waals surface area (Å²) in [6.45, 7) is 3.85. The van der Waals surface area contributed by atoms with E-state index < -0.39 is 6.04 Å². The highest BCUT2D eigenvalue weighted by Crippen LogP contribution is 2.25. The molecule has 0 radical (unpaired) electrons. The van der Waals surface area contributed by atoms with E-state index in [2.05, 4.69) is 0 Å². The molecule has 0 saturated heterocycles. The van der Waals surface area contributed by atoms with Crippen LogP contribution >= 0.6 is 0 Å². The van der Waals surface area contributed by atoms with E-state index in [1.54, 1.807) is 20.9 Å². The van der Waals surface area contributed by atoms with Crippen LogP contribution in [0.2, 0.25) is 0 Å². The second-order valence-corrected chi connectivity index (χ2v) is 4.71. The third kappa shape index (κ3) is 3.72. The van der Waals surface area contributed by atoms with Gasteiger partial charge in [-0.2, -0.15) is 0 Å². The summed E-state index contributed by atoms with van der Waals surface area (Å²) in [4.78, 5) is 25.3. The normalized spacial score (nSPS) is 18.5. The van der Waals surface area contributed by atoms with Crippen molar-refractivity contribution in [3.05, 3.63) is 0 Å². The topological polar surface area (TPSA) is 46.6 Å². The van der Waals surface area contributed by atoms with E-state index >= 15 is 0 Å². The summed E-state index contributed by atoms with van der Waals surface area (Å²) < 4.78 is 4.93. The first kappa shape index (κ1) is 14.0. The van der Waals surface area contributed by atoms with Crippen LogP contribution < -0.4 is 0 Å². The van der Waals surface area contributed by atoms with E-state index in [1.807, 2.05) is 0 Å². The molecular weight excluding hydrogens is 218 g/mol. The molecule has 1 amide bonds. The van der Waals surface area contributed by atoms with Crippen molar-refractivity contribution >= 4 is 11.9 Å². The smallest absolute Gasteiger partial charge is 0.328 e. The van der Waals surface area contributed by atoms with Gasteiger partial charge >= 0.3 is 5.97 Å². The molecule has 0 unspecified atom stereocenters. The van der Waals surface area contributed by atoms with Crippen LogP contribution in [0.1, 0.15) is 46.0 Å². The van der Waals surface area contributed by atoms with Crippen molar-refractivity contribution in [1.29, 1.82) is 0 Å². The molecule has 0 aromatic carbocycles. The summed E-state index contributed by atoms with van der Waals surface area (Å²) in [6.07, 6.45) is 5.38. The van der Waals surface area contributed by atoms with E-state index in [0.29, 0.717) is 6.61 Å². The van der Waals surface area contributed by atoms with Crippen molar-refractivity contribution in [3.63, 3.8) is 0 Å². The number of carbonyl (C=O) groups is 2. The highest BCUT2D eigenvalue weighted by molar-refractivity contribution is 5.85. The van der Waals surface area contributed by atoms with Gasteiger partial charge in [0.25, 0.3) is 0 Å². The first-order valence-electron chi connectivity index (χ1n) is 6.51. The van der Waals surface area contributed by atoms with Crippen LogP contribution in [0.5, 0.6) is 0 Å². The van der Waals surface area contributed by atoms with Gasteiger partial charge in [0.1, 0.15) is 6.04 Å². The SMILES string of the molecule is CCOC(=O)[C@@H](C)N(C)C(=O)C1CCCCC1. The Morgan fingerprint density at radius 2 is 1.88 bits per heavy atom. The van der Waals surface area contributed by atoms with Crippen LogP contribution in [-0.2, 0) is 14.3 Å². The molecule has 0 heterocycles. The molecule has 1 aliphatic carbocycles. The summed E-state index contributed by atoms with van der Waals surface area (Å²) in [5.41, 5.74) is 0. The van der Waals surface area contributed by atoms with E-state index in [9.17, 15) is 9.59 Å². The Bertz CT molecular complexity index is 272. The van der Waals surface area contributed by atoms with Gasteiger partial charge in [0, 0.05) is 13.0 Å². The minimum absolute atomic E-state index is 0.0882. The van der Waals surface area contributed by atoms with Crippen LogP contribution in [0.3, 0.4) is 0 Å². The first-order chi connectivity index (χ1) is 8.07. The number of esters is 1. The fourth-order valence-corrected chi connectivity index (χ4v) is 2.25. The predicted molar refractivity (Wildman–Crippen MR) is 65.4 cm³/mol. The lowest BCUT2D eigenvalue weighted by molar-refractivity contribution is -0.154. The van der Waals surface area contributed by atoms with Crippen molar-refractivity contribution in [3.8, 4) is 0 Å². The zero-order valence-electron chi connectivity index (χ0n) is 11.1. The number of carbonyl (C=O) groups excluding carboxylic acids is 2. The molecule has 0 aromatic rings. The lowest BCUT2D eigenvalue weighted by atomic mass is 9.88. The largest absolute Gasteiger partial charge is 0.464 e. The van der Waals surface area contributed by atoms with Gasteiger partial charge in [-0.05, 0) is 26.7 Å². The number of likely N-dealkylation sites (N-methyl/N-ethyl adjacent to an activating group) is 1. The van der Waals surface area contributed by atoms with E-state index in [0.717, 1.165) is 25.7 Å². The Hall–Kier alpha value is -1.06. The van der Waals surface area contributed by atoms with Crippen LogP contribution in [0.4, 0.5) is 0 Å². The molecular formula is C13H23NO3. The summed E-state index contributed by atoms with van der Waals surface area (Å²) >= 11 is 0. The molecule has 98 valence electrons. The van der Waals surface area contributed by atoms with Gasteiger partial charge in [-0.1, -0.05) is 19.3 Å². The van der Waals surface area contributed by atoms with Gasteiger partial charge in [-0.3, -0.25) is 4.79 Å². The van der Waals surface area contributed by atoms with Gasteiger partial charge in [0.2, 0.25) is 5.91 Å². The summed E-state index contributed by atoms with van der Waals surface area (Å²) in [7, 11) is 1.69. The predicted octanol–water partition coefficient (Wildman–Crippen LogP) is 1.98. The molecule has 0 aromatic heterocycles. The Balaban J connectivity index is 2.52. The quantitative estimate of drug-likeness (QED) is 0.707.